The topological polar surface area (TPSA) is 45.4 Å². The van der Waals surface area contributed by atoms with Gasteiger partial charge in [0.2, 0.25) is 0 Å². The van der Waals surface area contributed by atoms with Gasteiger partial charge in [-0.2, -0.15) is 13.2 Å². The van der Waals surface area contributed by atoms with E-state index in [2.05, 4.69) is 22.0 Å². The van der Waals surface area contributed by atoms with Gasteiger partial charge in [-0.3, -0.25) is 9.88 Å². The van der Waals surface area contributed by atoms with Crippen molar-refractivity contribution in [1.29, 1.82) is 0 Å². The standard InChI is InChI=1S/C27H31F3N4/c28-27(29,30)22-10-7-11-23(20-22)34-18-16-33(17-19-34)15-6-2-5-12-25-26(31)24(13-14-32-25)21-8-3-1-4-9-21/h1,3-4,7-11,13-14,20H,2,5-6,12,15-19,31H2. The van der Waals surface area contributed by atoms with Gasteiger partial charge in [-0.1, -0.05) is 42.8 Å². The number of pyridine rings is 1. The second-order valence-electron chi connectivity index (χ2n) is 8.77. The SMILES string of the molecule is Nc1c(-c2ccccc2)ccnc1CCCCCN1CCN(c2cccc(C(F)(F)F)c2)CC1. The van der Waals surface area contributed by atoms with Gasteiger partial charge in [-0.05, 0) is 55.6 Å². The Bertz CT molecular complexity index is 1060. The zero-order valence-corrected chi connectivity index (χ0v) is 19.3. The summed E-state index contributed by atoms with van der Waals surface area (Å²) in [5, 5.41) is 0. The number of nitrogens with zero attached hydrogens (tertiary/aromatic N) is 3. The van der Waals surface area contributed by atoms with E-state index in [1.165, 1.54) is 12.1 Å². The summed E-state index contributed by atoms with van der Waals surface area (Å²) < 4.78 is 39.0. The molecule has 3 aromatic rings. The predicted molar refractivity (Wildman–Crippen MR) is 132 cm³/mol. The van der Waals surface area contributed by atoms with Crippen molar-refractivity contribution in [2.45, 2.75) is 31.9 Å². The first-order chi connectivity index (χ1) is 16.4. The largest absolute Gasteiger partial charge is 0.416 e. The van der Waals surface area contributed by atoms with Gasteiger partial charge in [-0.15, -0.1) is 0 Å². The van der Waals surface area contributed by atoms with Gasteiger partial charge >= 0.3 is 6.18 Å². The lowest BCUT2D eigenvalue weighted by Crippen LogP contribution is -2.46. The molecule has 1 fully saturated rings. The van der Waals surface area contributed by atoms with Gasteiger partial charge in [0.15, 0.2) is 0 Å². The quantitative estimate of drug-likeness (QED) is 0.419. The van der Waals surface area contributed by atoms with Gasteiger partial charge in [0.1, 0.15) is 0 Å². The van der Waals surface area contributed by atoms with Gasteiger partial charge in [0.25, 0.3) is 0 Å². The van der Waals surface area contributed by atoms with Crippen molar-refractivity contribution in [1.82, 2.24) is 9.88 Å². The third-order valence-corrected chi connectivity index (χ3v) is 6.46. The molecule has 0 amide bonds. The molecule has 0 radical (unpaired) electrons. The molecular formula is C27H31F3N4. The highest BCUT2D eigenvalue weighted by molar-refractivity contribution is 5.77. The molecule has 0 unspecified atom stereocenters. The van der Waals surface area contributed by atoms with Crippen LogP contribution in [0.15, 0.2) is 66.9 Å². The number of unbranched alkanes of at least 4 members (excludes halogenated alkanes) is 2. The van der Waals surface area contributed by atoms with Crippen molar-refractivity contribution < 1.29 is 13.2 Å². The molecule has 0 spiro atoms. The second kappa shape index (κ2) is 10.9. The first kappa shape index (κ1) is 24.1. The minimum Gasteiger partial charge on any atom is -0.397 e. The van der Waals surface area contributed by atoms with Crippen LogP contribution in [0.3, 0.4) is 0 Å². The molecule has 1 saturated heterocycles. The predicted octanol–water partition coefficient (Wildman–Crippen LogP) is 5.88. The highest BCUT2D eigenvalue weighted by atomic mass is 19.4. The summed E-state index contributed by atoms with van der Waals surface area (Å²) in [5.74, 6) is 0. The molecule has 2 aromatic carbocycles. The molecule has 2 heterocycles. The Morgan fingerprint density at radius 1 is 0.853 bits per heavy atom. The molecule has 1 aromatic heterocycles. The Balaban J connectivity index is 1.19. The van der Waals surface area contributed by atoms with Crippen molar-refractivity contribution in [3.63, 3.8) is 0 Å². The average molecular weight is 469 g/mol. The molecule has 4 rings (SSSR count). The van der Waals surface area contributed by atoms with E-state index in [-0.39, 0.29) is 0 Å². The number of piperazine rings is 1. The third-order valence-electron chi connectivity index (χ3n) is 6.46. The highest BCUT2D eigenvalue weighted by Crippen LogP contribution is 2.32. The van der Waals surface area contributed by atoms with E-state index in [1.807, 2.05) is 35.4 Å². The fourth-order valence-corrected chi connectivity index (χ4v) is 4.50. The van der Waals surface area contributed by atoms with Crippen LogP contribution in [0.4, 0.5) is 24.5 Å². The summed E-state index contributed by atoms with van der Waals surface area (Å²) in [6, 6.07) is 17.7. The average Bonchev–Trinajstić information content (AvgIpc) is 2.85. The zero-order valence-electron chi connectivity index (χ0n) is 19.3. The summed E-state index contributed by atoms with van der Waals surface area (Å²) >= 11 is 0. The molecule has 34 heavy (non-hydrogen) atoms. The number of rotatable bonds is 8. The molecule has 1 aliphatic rings. The van der Waals surface area contributed by atoms with E-state index >= 15 is 0 Å². The molecule has 7 heteroatoms. The first-order valence-corrected chi connectivity index (χ1v) is 11.8. The minimum absolute atomic E-state index is 0.586. The summed E-state index contributed by atoms with van der Waals surface area (Å²) in [6.45, 7) is 4.22. The summed E-state index contributed by atoms with van der Waals surface area (Å²) in [6.07, 6.45) is 1.58. The Hall–Kier alpha value is -3.06. The Labute approximate surface area is 199 Å². The van der Waals surface area contributed by atoms with Gasteiger partial charge in [0, 0.05) is 43.6 Å². The van der Waals surface area contributed by atoms with Gasteiger partial charge in [0.05, 0.1) is 16.9 Å². The molecule has 0 aliphatic carbocycles. The molecule has 0 atom stereocenters. The lowest BCUT2D eigenvalue weighted by molar-refractivity contribution is -0.137. The second-order valence-corrected chi connectivity index (χ2v) is 8.77. The van der Waals surface area contributed by atoms with Crippen LogP contribution in [0, 0.1) is 0 Å². The van der Waals surface area contributed by atoms with E-state index < -0.39 is 11.7 Å². The van der Waals surface area contributed by atoms with E-state index in [0.717, 1.165) is 87.0 Å². The van der Waals surface area contributed by atoms with Crippen molar-refractivity contribution in [2.24, 2.45) is 0 Å². The number of nitrogen functional groups attached to an aromatic ring is 1. The number of nitrogens with two attached hydrogens (primary N) is 1. The molecule has 180 valence electrons. The Kier molecular flexibility index (Phi) is 7.73. The Morgan fingerprint density at radius 3 is 2.35 bits per heavy atom. The minimum atomic E-state index is -4.30. The van der Waals surface area contributed by atoms with Crippen LogP contribution in [-0.4, -0.2) is 42.6 Å². The maximum Gasteiger partial charge on any atom is 0.416 e. The highest BCUT2D eigenvalue weighted by Gasteiger charge is 2.31. The number of aromatic nitrogens is 1. The van der Waals surface area contributed by atoms with E-state index in [1.54, 1.807) is 6.07 Å². The van der Waals surface area contributed by atoms with E-state index in [0.29, 0.717) is 5.69 Å². The number of benzene rings is 2. The zero-order chi connectivity index (χ0) is 24.0. The fraction of sp³-hybridized carbons (Fsp3) is 0.370. The van der Waals surface area contributed by atoms with Crippen molar-refractivity contribution in [3.05, 3.63) is 78.1 Å². The van der Waals surface area contributed by atoms with Crippen molar-refractivity contribution >= 4 is 11.4 Å². The van der Waals surface area contributed by atoms with Crippen molar-refractivity contribution in [2.75, 3.05) is 43.4 Å². The lowest BCUT2D eigenvalue weighted by atomic mass is 10.0. The van der Waals surface area contributed by atoms with Crippen LogP contribution in [-0.2, 0) is 12.6 Å². The summed E-state index contributed by atoms with van der Waals surface area (Å²) in [5.41, 5.74) is 10.3. The number of hydrogen-bond donors (Lipinski definition) is 1. The van der Waals surface area contributed by atoms with Gasteiger partial charge in [-0.25, -0.2) is 0 Å². The normalized spacial score (nSPS) is 15.0. The lowest BCUT2D eigenvalue weighted by Gasteiger charge is -2.36. The molecule has 4 nitrogen and oxygen atoms in total. The number of aryl methyl sites for hydroxylation is 1. The molecule has 0 bridgehead atoms. The Morgan fingerprint density at radius 2 is 1.62 bits per heavy atom. The maximum atomic E-state index is 13.0. The number of anilines is 2. The maximum absolute atomic E-state index is 13.0. The molecule has 1 aliphatic heterocycles. The van der Waals surface area contributed by atoms with Crippen LogP contribution >= 0.6 is 0 Å². The van der Waals surface area contributed by atoms with Crippen LogP contribution in [0.25, 0.3) is 11.1 Å². The van der Waals surface area contributed by atoms with Gasteiger partial charge < -0.3 is 10.6 Å². The summed E-state index contributed by atoms with van der Waals surface area (Å²) in [4.78, 5) is 8.94. The van der Waals surface area contributed by atoms with Crippen molar-refractivity contribution in [3.8, 4) is 11.1 Å². The molecular weight excluding hydrogens is 437 g/mol. The molecule has 0 saturated carbocycles. The number of hydrogen-bond acceptors (Lipinski definition) is 4. The van der Waals surface area contributed by atoms with Crippen LogP contribution in [0.5, 0.6) is 0 Å². The number of alkyl halides is 3. The fourth-order valence-electron chi connectivity index (χ4n) is 4.50. The summed E-state index contributed by atoms with van der Waals surface area (Å²) in [7, 11) is 0. The van der Waals surface area contributed by atoms with E-state index in [9.17, 15) is 13.2 Å². The van der Waals surface area contributed by atoms with Crippen LogP contribution in [0.1, 0.15) is 30.5 Å². The number of halogens is 3. The first-order valence-electron chi connectivity index (χ1n) is 11.8. The van der Waals surface area contributed by atoms with Crippen LogP contribution < -0.4 is 10.6 Å². The van der Waals surface area contributed by atoms with Crippen LogP contribution in [0.2, 0.25) is 0 Å². The third kappa shape index (κ3) is 6.08. The smallest absolute Gasteiger partial charge is 0.397 e. The monoisotopic (exact) mass is 468 g/mol. The molecule has 2 N–H and O–H groups in total. The van der Waals surface area contributed by atoms with E-state index in [4.69, 9.17) is 5.73 Å².